The van der Waals surface area contributed by atoms with Gasteiger partial charge in [-0.3, -0.25) is 14.5 Å². The van der Waals surface area contributed by atoms with Crippen LogP contribution in [0, 0.1) is 5.92 Å². The van der Waals surface area contributed by atoms with Crippen LogP contribution in [-0.4, -0.2) is 74.0 Å². The largest absolute Gasteiger partial charge is 0.358 e. The summed E-state index contributed by atoms with van der Waals surface area (Å²) < 4.78 is 0. The van der Waals surface area contributed by atoms with Crippen LogP contribution >= 0.6 is 0 Å². The number of hydrogen-bond donors (Lipinski definition) is 2. The molecule has 21 heavy (non-hydrogen) atoms. The topological polar surface area (TPSA) is 64.7 Å². The summed E-state index contributed by atoms with van der Waals surface area (Å²) in [6.45, 7) is 6.60. The minimum absolute atomic E-state index is 0.00538. The monoisotopic (exact) mass is 296 g/mol. The third-order valence-corrected chi connectivity index (χ3v) is 4.72. The van der Waals surface area contributed by atoms with Gasteiger partial charge in [-0.1, -0.05) is 13.3 Å². The van der Waals surface area contributed by atoms with Crippen molar-refractivity contribution in [1.29, 1.82) is 0 Å². The molecule has 0 aromatic carbocycles. The van der Waals surface area contributed by atoms with Crippen LogP contribution in [0.2, 0.25) is 0 Å². The van der Waals surface area contributed by atoms with Gasteiger partial charge in [0.15, 0.2) is 0 Å². The summed E-state index contributed by atoms with van der Waals surface area (Å²) in [5, 5.41) is 6.00. The standard InChI is InChI=1S/C15H28N4O2/c1-3-12-4-5-17-13(10-12)15(21)19-8-6-18(7-9-19)11-14(20)16-2/h12-13,17H,3-11H2,1-2H3,(H,16,20). The number of likely N-dealkylation sites (N-methyl/N-ethyl adjacent to an activating group) is 1. The van der Waals surface area contributed by atoms with Crippen LogP contribution < -0.4 is 10.6 Å². The molecule has 2 saturated heterocycles. The molecule has 2 rings (SSSR count). The normalized spacial score (nSPS) is 27.4. The average molecular weight is 296 g/mol. The molecule has 2 atom stereocenters. The zero-order valence-corrected chi connectivity index (χ0v) is 13.2. The van der Waals surface area contributed by atoms with Gasteiger partial charge in [-0.15, -0.1) is 0 Å². The Hall–Kier alpha value is -1.14. The molecule has 0 radical (unpaired) electrons. The summed E-state index contributed by atoms with van der Waals surface area (Å²) in [7, 11) is 1.65. The SMILES string of the molecule is CCC1CCNC(C(=O)N2CCN(CC(=O)NC)CC2)C1. The Morgan fingerprint density at radius 3 is 2.57 bits per heavy atom. The van der Waals surface area contributed by atoms with Gasteiger partial charge in [0.25, 0.3) is 0 Å². The van der Waals surface area contributed by atoms with Gasteiger partial charge in [-0.05, 0) is 25.3 Å². The lowest BCUT2D eigenvalue weighted by molar-refractivity contribution is -0.136. The van der Waals surface area contributed by atoms with Crippen molar-refractivity contribution < 1.29 is 9.59 Å². The van der Waals surface area contributed by atoms with E-state index in [9.17, 15) is 9.59 Å². The smallest absolute Gasteiger partial charge is 0.239 e. The van der Waals surface area contributed by atoms with Crippen LogP contribution in [0.25, 0.3) is 0 Å². The number of nitrogens with one attached hydrogen (secondary N) is 2. The molecule has 6 nitrogen and oxygen atoms in total. The molecule has 2 heterocycles. The zero-order chi connectivity index (χ0) is 15.2. The molecule has 2 N–H and O–H groups in total. The van der Waals surface area contributed by atoms with Crippen LogP contribution in [0.1, 0.15) is 26.2 Å². The number of rotatable bonds is 4. The van der Waals surface area contributed by atoms with Crippen LogP contribution in [-0.2, 0) is 9.59 Å². The second-order valence-corrected chi connectivity index (χ2v) is 6.08. The van der Waals surface area contributed by atoms with Crippen molar-refractivity contribution in [3.05, 3.63) is 0 Å². The van der Waals surface area contributed by atoms with Gasteiger partial charge in [-0.2, -0.15) is 0 Å². The Kier molecular flexibility index (Phi) is 5.99. The number of nitrogens with zero attached hydrogens (tertiary/aromatic N) is 2. The fraction of sp³-hybridized carbons (Fsp3) is 0.867. The lowest BCUT2D eigenvalue weighted by Crippen LogP contribution is -2.56. The van der Waals surface area contributed by atoms with Crippen molar-refractivity contribution in [3.8, 4) is 0 Å². The maximum Gasteiger partial charge on any atom is 0.239 e. The molecule has 120 valence electrons. The van der Waals surface area contributed by atoms with Gasteiger partial charge >= 0.3 is 0 Å². The van der Waals surface area contributed by atoms with Gasteiger partial charge in [0, 0.05) is 33.2 Å². The van der Waals surface area contributed by atoms with Crippen molar-refractivity contribution in [2.75, 3.05) is 46.3 Å². The molecule has 0 bridgehead atoms. The Morgan fingerprint density at radius 1 is 1.24 bits per heavy atom. The Labute approximate surface area is 127 Å². The minimum Gasteiger partial charge on any atom is -0.358 e. The third-order valence-electron chi connectivity index (χ3n) is 4.72. The summed E-state index contributed by atoms with van der Waals surface area (Å²) in [4.78, 5) is 28.0. The van der Waals surface area contributed by atoms with Crippen molar-refractivity contribution in [2.24, 2.45) is 5.92 Å². The molecule has 2 amide bonds. The second kappa shape index (κ2) is 7.75. The van der Waals surface area contributed by atoms with E-state index in [0.717, 1.165) is 45.6 Å². The van der Waals surface area contributed by atoms with Crippen molar-refractivity contribution in [2.45, 2.75) is 32.2 Å². The van der Waals surface area contributed by atoms with Crippen molar-refractivity contribution in [1.82, 2.24) is 20.4 Å². The molecule has 0 aromatic rings. The van der Waals surface area contributed by atoms with E-state index in [2.05, 4.69) is 22.5 Å². The third kappa shape index (κ3) is 4.41. The van der Waals surface area contributed by atoms with Gasteiger partial charge in [-0.25, -0.2) is 0 Å². The Balaban J connectivity index is 1.78. The van der Waals surface area contributed by atoms with Crippen LogP contribution in [0.5, 0.6) is 0 Å². The maximum atomic E-state index is 12.6. The molecule has 2 unspecified atom stereocenters. The molecule has 2 aliphatic heterocycles. The lowest BCUT2D eigenvalue weighted by atomic mass is 9.90. The fourth-order valence-electron chi connectivity index (χ4n) is 3.18. The highest BCUT2D eigenvalue weighted by molar-refractivity contribution is 5.82. The van der Waals surface area contributed by atoms with Crippen LogP contribution in [0.3, 0.4) is 0 Å². The van der Waals surface area contributed by atoms with E-state index in [1.165, 1.54) is 6.42 Å². The molecule has 0 spiro atoms. The first kappa shape index (κ1) is 16.2. The minimum atomic E-state index is -0.00538. The number of carbonyl (C=O) groups excluding carboxylic acids is 2. The number of amides is 2. The predicted octanol–water partition coefficient (Wildman–Crippen LogP) is -0.345. The van der Waals surface area contributed by atoms with E-state index in [-0.39, 0.29) is 17.9 Å². The molecule has 0 saturated carbocycles. The first-order chi connectivity index (χ1) is 10.1. The Bertz CT molecular complexity index is 367. The van der Waals surface area contributed by atoms with Crippen molar-refractivity contribution >= 4 is 11.8 Å². The van der Waals surface area contributed by atoms with Crippen LogP contribution in [0.15, 0.2) is 0 Å². The number of carbonyl (C=O) groups is 2. The first-order valence-electron chi connectivity index (χ1n) is 8.09. The van der Waals surface area contributed by atoms with E-state index in [4.69, 9.17) is 0 Å². The van der Waals surface area contributed by atoms with Gasteiger partial charge in [0.05, 0.1) is 12.6 Å². The fourth-order valence-corrected chi connectivity index (χ4v) is 3.18. The van der Waals surface area contributed by atoms with Gasteiger partial charge in [0.2, 0.25) is 11.8 Å². The highest BCUT2D eigenvalue weighted by Gasteiger charge is 2.31. The van der Waals surface area contributed by atoms with E-state index in [1.807, 2.05) is 4.90 Å². The molecule has 6 heteroatoms. The summed E-state index contributed by atoms with van der Waals surface area (Å²) in [6.07, 6.45) is 3.30. The van der Waals surface area contributed by atoms with Gasteiger partial charge < -0.3 is 15.5 Å². The summed E-state index contributed by atoms with van der Waals surface area (Å²) in [5.41, 5.74) is 0. The zero-order valence-electron chi connectivity index (χ0n) is 13.2. The van der Waals surface area contributed by atoms with Crippen LogP contribution in [0.4, 0.5) is 0 Å². The highest BCUT2D eigenvalue weighted by Crippen LogP contribution is 2.20. The molecule has 0 aromatic heterocycles. The van der Waals surface area contributed by atoms with E-state index in [1.54, 1.807) is 7.05 Å². The molecular formula is C15H28N4O2. The molecule has 2 fully saturated rings. The first-order valence-corrected chi connectivity index (χ1v) is 8.09. The van der Waals surface area contributed by atoms with Crippen molar-refractivity contribution in [3.63, 3.8) is 0 Å². The summed E-state index contributed by atoms with van der Waals surface area (Å²) >= 11 is 0. The Morgan fingerprint density at radius 2 is 1.95 bits per heavy atom. The summed E-state index contributed by atoms with van der Waals surface area (Å²) in [6, 6.07) is -0.00538. The van der Waals surface area contributed by atoms with E-state index < -0.39 is 0 Å². The average Bonchev–Trinajstić information content (AvgIpc) is 2.54. The molecule has 2 aliphatic rings. The maximum absolute atomic E-state index is 12.6. The number of piperazine rings is 1. The predicted molar refractivity (Wildman–Crippen MR) is 81.9 cm³/mol. The van der Waals surface area contributed by atoms with E-state index in [0.29, 0.717) is 12.5 Å². The summed E-state index contributed by atoms with van der Waals surface area (Å²) in [5.74, 6) is 0.956. The molecule has 0 aliphatic carbocycles. The quantitative estimate of drug-likeness (QED) is 0.745. The molecular weight excluding hydrogens is 268 g/mol. The lowest BCUT2D eigenvalue weighted by Gasteiger charge is -2.38. The highest BCUT2D eigenvalue weighted by atomic mass is 16.2. The number of piperidine rings is 1. The van der Waals surface area contributed by atoms with Gasteiger partial charge in [0.1, 0.15) is 0 Å². The number of hydrogen-bond acceptors (Lipinski definition) is 4. The second-order valence-electron chi connectivity index (χ2n) is 6.08. The van der Waals surface area contributed by atoms with E-state index >= 15 is 0 Å².